The SMILES string of the molecule is CCC(C)(CC)c1sc(C(C)C)c2c1OCCO2. The van der Waals surface area contributed by atoms with Crippen LogP contribution >= 0.6 is 11.3 Å². The summed E-state index contributed by atoms with van der Waals surface area (Å²) < 4.78 is 11.8. The summed E-state index contributed by atoms with van der Waals surface area (Å²) in [6.45, 7) is 12.7. The van der Waals surface area contributed by atoms with Crippen molar-refractivity contribution in [3.63, 3.8) is 0 Å². The summed E-state index contributed by atoms with van der Waals surface area (Å²) in [5, 5.41) is 0. The van der Waals surface area contributed by atoms with Gasteiger partial charge >= 0.3 is 0 Å². The quantitative estimate of drug-likeness (QED) is 0.786. The Bertz CT molecular complexity index is 416. The number of hydrogen-bond donors (Lipinski definition) is 0. The van der Waals surface area contributed by atoms with Crippen molar-refractivity contribution in [3.8, 4) is 11.5 Å². The van der Waals surface area contributed by atoms with E-state index in [1.165, 1.54) is 9.75 Å². The summed E-state index contributed by atoms with van der Waals surface area (Å²) in [6, 6.07) is 0. The molecule has 2 heterocycles. The third-order valence-electron chi connectivity index (χ3n) is 4.06. The van der Waals surface area contributed by atoms with Crippen LogP contribution in [0.4, 0.5) is 0 Å². The zero-order valence-electron chi connectivity index (χ0n) is 12.1. The smallest absolute Gasteiger partial charge is 0.176 e. The molecule has 1 aromatic heterocycles. The molecule has 102 valence electrons. The molecule has 2 nitrogen and oxygen atoms in total. The summed E-state index contributed by atoms with van der Waals surface area (Å²) in [4.78, 5) is 2.72. The molecular formula is C15H24O2S. The summed E-state index contributed by atoms with van der Waals surface area (Å²) in [6.07, 6.45) is 2.27. The lowest BCUT2D eigenvalue weighted by atomic mass is 9.82. The Labute approximate surface area is 114 Å². The second-order valence-corrected chi connectivity index (χ2v) is 6.63. The maximum absolute atomic E-state index is 5.92. The van der Waals surface area contributed by atoms with Crippen LogP contribution in [0.2, 0.25) is 0 Å². The summed E-state index contributed by atoms with van der Waals surface area (Å²) in [5.41, 5.74) is 0.211. The molecule has 0 aliphatic carbocycles. The van der Waals surface area contributed by atoms with Gasteiger partial charge in [-0.3, -0.25) is 0 Å². The Balaban J connectivity index is 2.54. The lowest BCUT2D eigenvalue weighted by Gasteiger charge is -2.27. The van der Waals surface area contributed by atoms with Crippen molar-refractivity contribution in [2.24, 2.45) is 0 Å². The van der Waals surface area contributed by atoms with Gasteiger partial charge in [-0.05, 0) is 18.8 Å². The van der Waals surface area contributed by atoms with Crippen molar-refractivity contribution in [2.75, 3.05) is 13.2 Å². The van der Waals surface area contributed by atoms with E-state index in [-0.39, 0.29) is 5.41 Å². The maximum atomic E-state index is 5.92. The van der Waals surface area contributed by atoms with Crippen LogP contribution < -0.4 is 9.47 Å². The predicted molar refractivity (Wildman–Crippen MR) is 77.3 cm³/mol. The Morgan fingerprint density at radius 3 is 2.17 bits per heavy atom. The molecule has 1 aliphatic rings. The van der Waals surface area contributed by atoms with Crippen molar-refractivity contribution < 1.29 is 9.47 Å². The molecule has 0 spiro atoms. The zero-order valence-corrected chi connectivity index (χ0v) is 12.9. The highest BCUT2D eigenvalue weighted by atomic mass is 32.1. The van der Waals surface area contributed by atoms with Crippen molar-refractivity contribution in [1.29, 1.82) is 0 Å². The lowest BCUT2D eigenvalue weighted by molar-refractivity contribution is 0.168. The maximum Gasteiger partial charge on any atom is 0.176 e. The fourth-order valence-electron chi connectivity index (χ4n) is 2.32. The van der Waals surface area contributed by atoms with Crippen LogP contribution in [0.5, 0.6) is 11.5 Å². The first-order valence-electron chi connectivity index (χ1n) is 6.96. The van der Waals surface area contributed by atoms with Gasteiger partial charge in [-0.1, -0.05) is 34.6 Å². The van der Waals surface area contributed by atoms with Crippen molar-refractivity contribution in [3.05, 3.63) is 9.75 Å². The van der Waals surface area contributed by atoms with E-state index >= 15 is 0 Å². The van der Waals surface area contributed by atoms with E-state index in [9.17, 15) is 0 Å². The number of fused-ring (bicyclic) bond motifs is 1. The summed E-state index contributed by atoms with van der Waals surface area (Å²) in [7, 11) is 0. The Morgan fingerprint density at radius 1 is 1.11 bits per heavy atom. The van der Waals surface area contributed by atoms with Gasteiger partial charge in [0.05, 0.1) is 9.75 Å². The molecule has 1 aromatic rings. The topological polar surface area (TPSA) is 18.5 Å². The van der Waals surface area contributed by atoms with Crippen LogP contribution in [0.25, 0.3) is 0 Å². The average molecular weight is 268 g/mol. The van der Waals surface area contributed by atoms with E-state index in [1.54, 1.807) is 0 Å². The normalized spacial score (nSPS) is 15.2. The van der Waals surface area contributed by atoms with Crippen LogP contribution in [0.15, 0.2) is 0 Å². The van der Waals surface area contributed by atoms with Gasteiger partial charge in [0.2, 0.25) is 0 Å². The third-order valence-corrected chi connectivity index (χ3v) is 5.82. The molecule has 0 unspecified atom stereocenters. The lowest BCUT2D eigenvalue weighted by Crippen LogP contribution is -2.21. The molecule has 0 amide bonds. The van der Waals surface area contributed by atoms with Crippen LogP contribution in [-0.2, 0) is 5.41 Å². The first-order chi connectivity index (χ1) is 8.53. The van der Waals surface area contributed by atoms with E-state index < -0.39 is 0 Å². The molecule has 1 aliphatic heterocycles. The van der Waals surface area contributed by atoms with Gasteiger partial charge < -0.3 is 9.47 Å². The van der Waals surface area contributed by atoms with Gasteiger partial charge in [0, 0.05) is 5.41 Å². The first kappa shape index (κ1) is 13.7. The Hall–Kier alpha value is -0.700. The number of hydrogen-bond acceptors (Lipinski definition) is 3. The first-order valence-corrected chi connectivity index (χ1v) is 7.78. The molecule has 0 saturated carbocycles. The molecule has 0 bridgehead atoms. The largest absolute Gasteiger partial charge is 0.485 e. The molecule has 2 rings (SSSR count). The highest BCUT2D eigenvalue weighted by molar-refractivity contribution is 7.13. The van der Waals surface area contributed by atoms with Crippen LogP contribution in [-0.4, -0.2) is 13.2 Å². The van der Waals surface area contributed by atoms with Gasteiger partial charge in [0.1, 0.15) is 13.2 Å². The van der Waals surface area contributed by atoms with Crippen LogP contribution in [0.3, 0.4) is 0 Å². The minimum atomic E-state index is 0.211. The summed E-state index contributed by atoms with van der Waals surface area (Å²) >= 11 is 1.89. The summed E-state index contributed by atoms with van der Waals surface area (Å²) in [5.74, 6) is 2.54. The molecule has 0 radical (unpaired) electrons. The zero-order chi connectivity index (χ0) is 13.3. The van der Waals surface area contributed by atoms with Gasteiger partial charge in [0.25, 0.3) is 0 Å². The minimum absolute atomic E-state index is 0.211. The van der Waals surface area contributed by atoms with E-state index in [0.717, 1.165) is 24.3 Å². The van der Waals surface area contributed by atoms with E-state index in [0.29, 0.717) is 19.1 Å². The van der Waals surface area contributed by atoms with Gasteiger partial charge in [-0.15, -0.1) is 11.3 Å². The Morgan fingerprint density at radius 2 is 1.67 bits per heavy atom. The van der Waals surface area contributed by atoms with E-state index in [2.05, 4.69) is 34.6 Å². The second-order valence-electron chi connectivity index (χ2n) is 5.57. The molecular weight excluding hydrogens is 244 g/mol. The second kappa shape index (κ2) is 5.12. The monoisotopic (exact) mass is 268 g/mol. The Kier molecular flexibility index (Phi) is 3.90. The molecule has 0 atom stereocenters. The van der Waals surface area contributed by atoms with Crippen molar-refractivity contribution in [2.45, 2.75) is 58.8 Å². The number of rotatable bonds is 4. The number of ether oxygens (including phenoxy) is 2. The van der Waals surface area contributed by atoms with Gasteiger partial charge in [-0.25, -0.2) is 0 Å². The molecule has 0 saturated heterocycles. The standard InChI is InChI=1S/C15H24O2S/c1-6-15(5,7-2)14-12-11(16-8-9-17-12)13(18-14)10(3)4/h10H,6-9H2,1-5H3. The van der Waals surface area contributed by atoms with E-state index in [4.69, 9.17) is 9.47 Å². The van der Waals surface area contributed by atoms with Crippen LogP contribution in [0, 0.1) is 0 Å². The third kappa shape index (κ3) is 2.13. The highest BCUT2D eigenvalue weighted by Gasteiger charge is 2.34. The van der Waals surface area contributed by atoms with Crippen molar-refractivity contribution >= 4 is 11.3 Å². The van der Waals surface area contributed by atoms with Gasteiger partial charge in [0.15, 0.2) is 11.5 Å². The molecule has 3 heteroatoms. The molecule has 0 fully saturated rings. The highest BCUT2D eigenvalue weighted by Crippen LogP contribution is 2.53. The number of thiophene rings is 1. The molecule has 0 N–H and O–H groups in total. The van der Waals surface area contributed by atoms with Crippen molar-refractivity contribution in [1.82, 2.24) is 0 Å². The fourth-order valence-corrected chi connectivity index (χ4v) is 3.80. The molecule has 0 aromatic carbocycles. The van der Waals surface area contributed by atoms with Gasteiger partial charge in [-0.2, -0.15) is 0 Å². The molecule has 18 heavy (non-hydrogen) atoms. The average Bonchev–Trinajstić information content (AvgIpc) is 2.78. The van der Waals surface area contributed by atoms with E-state index in [1.807, 2.05) is 11.3 Å². The van der Waals surface area contributed by atoms with Crippen LogP contribution in [0.1, 0.15) is 63.1 Å². The fraction of sp³-hybridized carbons (Fsp3) is 0.733. The predicted octanol–water partition coefficient (Wildman–Crippen LogP) is 4.72. The minimum Gasteiger partial charge on any atom is -0.485 e.